The average molecular weight is 389 g/mol. The van der Waals surface area contributed by atoms with Crippen molar-refractivity contribution in [3.05, 3.63) is 63.7 Å². The van der Waals surface area contributed by atoms with E-state index in [1.807, 2.05) is 11.8 Å². The zero-order valence-electron chi connectivity index (χ0n) is 15.0. The molecule has 2 aromatic rings. The van der Waals surface area contributed by atoms with Crippen molar-refractivity contribution in [2.75, 3.05) is 36.4 Å². The summed E-state index contributed by atoms with van der Waals surface area (Å²) in [6, 6.07) is 13.5. The third-order valence-electron chi connectivity index (χ3n) is 4.75. The Hall–Kier alpha value is -2.64. The largest absolute Gasteiger partial charge is 0.363 e. The molecule has 0 spiro atoms. The van der Waals surface area contributed by atoms with Gasteiger partial charge in [0, 0.05) is 43.0 Å². The number of carbonyl (C=O) groups excluding carboxylic acids is 1. The minimum absolute atomic E-state index is 0.101. The Morgan fingerprint density at radius 3 is 2.52 bits per heavy atom. The highest BCUT2D eigenvalue weighted by Gasteiger charge is 2.28. The van der Waals surface area contributed by atoms with E-state index in [9.17, 15) is 14.9 Å². The van der Waals surface area contributed by atoms with Crippen molar-refractivity contribution in [3.63, 3.8) is 0 Å². The van der Waals surface area contributed by atoms with Gasteiger partial charge < -0.3 is 10.2 Å². The summed E-state index contributed by atoms with van der Waals surface area (Å²) in [5.41, 5.74) is 1.40. The van der Waals surface area contributed by atoms with Crippen molar-refractivity contribution in [2.24, 2.45) is 0 Å². The zero-order chi connectivity index (χ0) is 19.4. The quantitative estimate of drug-likeness (QED) is 0.627. The van der Waals surface area contributed by atoms with E-state index >= 15 is 0 Å². The van der Waals surface area contributed by atoms with E-state index < -0.39 is 0 Å². The first-order valence-electron chi connectivity index (χ1n) is 8.74. The number of amides is 1. The number of nitrogens with one attached hydrogen (secondary N) is 1. The monoisotopic (exact) mass is 388 g/mol. The van der Waals surface area contributed by atoms with Gasteiger partial charge in [0.25, 0.3) is 5.69 Å². The predicted molar refractivity (Wildman–Crippen MR) is 106 cm³/mol. The lowest BCUT2D eigenvalue weighted by Gasteiger charge is -2.38. The van der Waals surface area contributed by atoms with E-state index in [-0.39, 0.29) is 22.6 Å². The van der Waals surface area contributed by atoms with Gasteiger partial charge in [-0.2, -0.15) is 0 Å². The zero-order valence-corrected chi connectivity index (χ0v) is 15.7. The van der Waals surface area contributed by atoms with Gasteiger partial charge >= 0.3 is 0 Å². The second-order valence-corrected chi connectivity index (χ2v) is 6.88. The van der Waals surface area contributed by atoms with Gasteiger partial charge in [0.2, 0.25) is 5.91 Å². The first-order valence-corrected chi connectivity index (χ1v) is 9.12. The smallest absolute Gasteiger partial charge is 0.292 e. The molecule has 2 aromatic carbocycles. The lowest BCUT2D eigenvalue weighted by Crippen LogP contribution is -2.52. The topological polar surface area (TPSA) is 78.7 Å². The number of anilines is 2. The van der Waals surface area contributed by atoms with Crippen LogP contribution in [0, 0.1) is 10.1 Å². The summed E-state index contributed by atoms with van der Waals surface area (Å²) in [6.07, 6.45) is 0. The molecule has 0 saturated carbocycles. The molecule has 1 unspecified atom stereocenters. The van der Waals surface area contributed by atoms with Crippen molar-refractivity contribution in [1.29, 1.82) is 0 Å². The van der Waals surface area contributed by atoms with Crippen LogP contribution in [0.15, 0.2) is 48.5 Å². The van der Waals surface area contributed by atoms with Crippen molar-refractivity contribution < 1.29 is 9.72 Å². The lowest BCUT2D eigenvalue weighted by atomic mass is 10.1. The first kappa shape index (κ1) is 19.1. The predicted octanol–water partition coefficient (Wildman–Crippen LogP) is 3.40. The molecule has 27 heavy (non-hydrogen) atoms. The molecule has 7 nitrogen and oxygen atoms in total. The van der Waals surface area contributed by atoms with E-state index in [0.29, 0.717) is 42.6 Å². The Labute approximate surface area is 162 Å². The van der Waals surface area contributed by atoms with Gasteiger partial charge in [-0.3, -0.25) is 19.8 Å². The van der Waals surface area contributed by atoms with E-state index in [4.69, 9.17) is 11.6 Å². The number of piperazine rings is 1. The standard InChI is InChI=1S/C19H21ClN4O3/c1-14(19(25)21-16-6-4-5-15(20)13-16)22-9-11-23(12-10-22)17-7-2-3-8-18(17)24(26)27/h2-8,13-14H,9-12H2,1H3,(H,21,25). The van der Waals surface area contributed by atoms with Gasteiger partial charge in [0.15, 0.2) is 0 Å². The average Bonchev–Trinajstić information content (AvgIpc) is 2.67. The summed E-state index contributed by atoms with van der Waals surface area (Å²) < 4.78 is 0. The molecule has 1 N–H and O–H groups in total. The number of para-hydroxylation sites is 2. The Bertz CT molecular complexity index is 837. The SMILES string of the molecule is CC(C(=O)Nc1cccc(Cl)c1)N1CCN(c2ccccc2[N+](=O)[O-])CC1. The van der Waals surface area contributed by atoms with E-state index in [2.05, 4.69) is 10.2 Å². The molecule has 1 amide bonds. The fourth-order valence-electron chi connectivity index (χ4n) is 3.21. The number of nitrogens with zero attached hydrogens (tertiary/aromatic N) is 3. The number of hydrogen-bond donors (Lipinski definition) is 1. The van der Waals surface area contributed by atoms with Crippen LogP contribution in [0.1, 0.15) is 6.92 Å². The molecular formula is C19H21ClN4O3. The van der Waals surface area contributed by atoms with Crippen molar-refractivity contribution in [1.82, 2.24) is 4.90 Å². The summed E-state index contributed by atoms with van der Waals surface area (Å²) in [5.74, 6) is -0.101. The van der Waals surface area contributed by atoms with E-state index in [1.54, 1.807) is 42.5 Å². The summed E-state index contributed by atoms with van der Waals surface area (Å²) in [7, 11) is 0. The number of carbonyl (C=O) groups is 1. The number of nitro benzene ring substituents is 1. The van der Waals surface area contributed by atoms with Crippen LogP contribution in [-0.4, -0.2) is 48.0 Å². The number of benzene rings is 2. The highest BCUT2D eigenvalue weighted by molar-refractivity contribution is 6.30. The van der Waals surface area contributed by atoms with Crippen molar-refractivity contribution in [3.8, 4) is 0 Å². The summed E-state index contributed by atoms with van der Waals surface area (Å²) in [4.78, 5) is 27.5. The molecule has 1 atom stereocenters. The Morgan fingerprint density at radius 2 is 1.85 bits per heavy atom. The second kappa shape index (κ2) is 8.37. The van der Waals surface area contributed by atoms with Crippen LogP contribution >= 0.6 is 11.6 Å². The fourth-order valence-corrected chi connectivity index (χ4v) is 3.41. The minimum atomic E-state index is -0.358. The van der Waals surface area contributed by atoms with Crippen molar-refractivity contribution >= 4 is 34.6 Å². The highest BCUT2D eigenvalue weighted by Crippen LogP contribution is 2.28. The molecule has 1 aliphatic heterocycles. The maximum atomic E-state index is 12.5. The van der Waals surface area contributed by atoms with Crippen LogP contribution < -0.4 is 10.2 Å². The molecule has 142 valence electrons. The highest BCUT2D eigenvalue weighted by atomic mass is 35.5. The fraction of sp³-hybridized carbons (Fsp3) is 0.316. The lowest BCUT2D eigenvalue weighted by molar-refractivity contribution is -0.384. The van der Waals surface area contributed by atoms with Crippen LogP contribution in [0.2, 0.25) is 5.02 Å². The Kier molecular flexibility index (Phi) is 5.93. The Morgan fingerprint density at radius 1 is 1.15 bits per heavy atom. The molecule has 1 saturated heterocycles. The number of hydrogen-bond acceptors (Lipinski definition) is 5. The molecule has 0 aliphatic carbocycles. The van der Waals surface area contributed by atoms with Gasteiger partial charge in [-0.25, -0.2) is 0 Å². The minimum Gasteiger partial charge on any atom is -0.363 e. The maximum absolute atomic E-state index is 12.5. The van der Waals surface area contributed by atoms with Crippen LogP contribution in [0.3, 0.4) is 0 Å². The van der Waals surface area contributed by atoms with Crippen LogP contribution in [0.5, 0.6) is 0 Å². The number of halogens is 1. The summed E-state index contributed by atoms with van der Waals surface area (Å²) in [5, 5.41) is 14.7. The molecule has 3 rings (SSSR count). The third kappa shape index (κ3) is 4.56. The summed E-state index contributed by atoms with van der Waals surface area (Å²) in [6.45, 7) is 4.41. The normalized spacial score (nSPS) is 16.0. The van der Waals surface area contributed by atoms with Gasteiger partial charge in [0.05, 0.1) is 11.0 Å². The Balaban J connectivity index is 1.60. The van der Waals surface area contributed by atoms with Gasteiger partial charge in [-0.05, 0) is 31.2 Å². The second-order valence-electron chi connectivity index (χ2n) is 6.44. The van der Waals surface area contributed by atoms with Crippen molar-refractivity contribution in [2.45, 2.75) is 13.0 Å². The first-order chi connectivity index (χ1) is 13.0. The molecular weight excluding hydrogens is 368 g/mol. The van der Waals surface area contributed by atoms with Crippen LogP contribution in [0.4, 0.5) is 17.1 Å². The molecule has 0 aromatic heterocycles. The number of rotatable bonds is 5. The maximum Gasteiger partial charge on any atom is 0.292 e. The van der Waals surface area contributed by atoms with Gasteiger partial charge in [-0.1, -0.05) is 29.8 Å². The van der Waals surface area contributed by atoms with E-state index in [0.717, 1.165) is 0 Å². The molecule has 0 bridgehead atoms. The summed E-state index contributed by atoms with van der Waals surface area (Å²) >= 11 is 5.95. The molecule has 1 aliphatic rings. The third-order valence-corrected chi connectivity index (χ3v) is 4.99. The molecule has 8 heteroatoms. The van der Waals surface area contributed by atoms with E-state index in [1.165, 1.54) is 6.07 Å². The molecule has 1 heterocycles. The van der Waals surface area contributed by atoms with Crippen LogP contribution in [-0.2, 0) is 4.79 Å². The molecule has 1 fully saturated rings. The number of nitro groups is 1. The van der Waals surface area contributed by atoms with Gasteiger partial charge in [-0.15, -0.1) is 0 Å². The van der Waals surface area contributed by atoms with Gasteiger partial charge in [0.1, 0.15) is 5.69 Å². The van der Waals surface area contributed by atoms with Crippen LogP contribution in [0.25, 0.3) is 0 Å². The molecule has 0 radical (unpaired) electrons.